The largest absolute Gasteiger partial charge is 0.384 e. The molecule has 3 N–H and O–H groups in total. The Bertz CT molecular complexity index is 571. The third-order valence-corrected chi connectivity index (χ3v) is 4.69. The number of anilines is 1. The summed E-state index contributed by atoms with van der Waals surface area (Å²) >= 11 is 1.91. The Hall–Kier alpha value is -1.52. The zero-order chi connectivity index (χ0) is 15.1. The highest BCUT2D eigenvalue weighted by Crippen LogP contribution is 2.23. The number of thioether (sulfide) groups is 1. The van der Waals surface area contributed by atoms with E-state index in [1.807, 2.05) is 23.9 Å². The second-order valence-corrected chi connectivity index (χ2v) is 6.19. The van der Waals surface area contributed by atoms with E-state index >= 15 is 0 Å². The van der Waals surface area contributed by atoms with E-state index in [0.29, 0.717) is 11.9 Å². The highest BCUT2D eigenvalue weighted by molar-refractivity contribution is 7.99. The van der Waals surface area contributed by atoms with Crippen LogP contribution in [-0.4, -0.2) is 23.3 Å². The van der Waals surface area contributed by atoms with Crippen LogP contribution in [0, 0.1) is 6.92 Å². The maximum absolute atomic E-state index is 5.76. The van der Waals surface area contributed by atoms with Gasteiger partial charge in [-0.05, 0) is 49.2 Å². The molecule has 0 amide bonds. The topological polar surface area (TPSA) is 50.9 Å². The van der Waals surface area contributed by atoms with Gasteiger partial charge in [-0.3, -0.25) is 0 Å². The SMILES string of the molecule is CCNC(CSc1ccccc1C)Cc1ccnc(N)c1. The number of nitrogen functional groups attached to an aromatic ring is 1. The van der Waals surface area contributed by atoms with Crippen LogP contribution in [0.5, 0.6) is 0 Å². The lowest BCUT2D eigenvalue weighted by molar-refractivity contribution is 0.572. The third-order valence-electron chi connectivity index (χ3n) is 3.35. The minimum atomic E-state index is 0.432. The van der Waals surface area contributed by atoms with Gasteiger partial charge in [-0.1, -0.05) is 25.1 Å². The summed E-state index contributed by atoms with van der Waals surface area (Å²) in [7, 11) is 0. The summed E-state index contributed by atoms with van der Waals surface area (Å²) < 4.78 is 0. The number of aromatic nitrogens is 1. The standard InChI is InChI=1S/C17H23N3S/c1-3-19-15(10-14-8-9-20-17(18)11-14)12-21-16-7-5-4-6-13(16)2/h4-9,11,15,19H,3,10,12H2,1-2H3,(H2,18,20). The summed E-state index contributed by atoms with van der Waals surface area (Å²) in [6, 6.07) is 13.0. The molecule has 0 bridgehead atoms. The predicted octanol–water partition coefficient (Wildman–Crippen LogP) is 3.29. The molecule has 0 radical (unpaired) electrons. The van der Waals surface area contributed by atoms with Crippen molar-refractivity contribution in [3.05, 3.63) is 53.7 Å². The minimum Gasteiger partial charge on any atom is -0.384 e. The van der Waals surface area contributed by atoms with Gasteiger partial charge in [0.2, 0.25) is 0 Å². The van der Waals surface area contributed by atoms with Crippen molar-refractivity contribution in [1.29, 1.82) is 0 Å². The number of nitrogens with zero attached hydrogens (tertiary/aromatic N) is 1. The number of aryl methyl sites for hydroxylation is 1. The Balaban J connectivity index is 1.97. The van der Waals surface area contributed by atoms with Gasteiger partial charge in [-0.25, -0.2) is 4.98 Å². The molecule has 1 aromatic heterocycles. The smallest absolute Gasteiger partial charge is 0.123 e. The maximum atomic E-state index is 5.76. The lowest BCUT2D eigenvalue weighted by Gasteiger charge is -2.18. The highest BCUT2D eigenvalue weighted by Gasteiger charge is 2.10. The summed E-state index contributed by atoms with van der Waals surface area (Å²) in [5, 5.41) is 3.56. The van der Waals surface area contributed by atoms with E-state index in [1.165, 1.54) is 16.0 Å². The molecule has 3 nitrogen and oxygen atoms in total. The molecule has 4 heteroatoms. The lowest BCUT2D eigenvalue weighted by atomic mass is 10.1. The Morgan fingerprint density at radius 3 is 2.81 bits per heavy atom. The van der Waals surface area contributed by atoms with Crippen molar-refractivity contribution in [3.8, 4) is 0 Å². The van der Waals surface area contributed by atoms with Gasteiger partial charge in [-0.2, -0.15) is 0 Å². The number of hydrogen-bond acceptors (Lipinski definition) is 4. The molecule has 0 aliphatic heterocycles. The van der Waals surface area contributed by atoms with Crippen molar-refractivity contribution in [2.24, 2.45) is 0 Å². The lowest BCUT2D eigenvalue weighted by Crippen LogP contribution is -2.33. The molecule has 1 heterocycles. The molecule has 2 rings (SSSR count). The van der Waals surface area contributed by atoms with Crippen LogP contribution in [0.1, 0.15) is 18.1 Å². The molecular weight excluding hydrogens is 278 g/mol. The molecule has 0 saturated carbocycles. The number of rotatable bonds is 7. The average Bonchev–Trinajstić information content (AvgIpc) is 2.46. The quantitative estimate of drug-likeness (QED) is 0.771. The molecule has 0 aliphatic carbocycles. The van der Waals surface area contributed by atoms with Crippen LogP contribution in [0.2, 0.25) is 0 Å². The molecule has 21 heavy (non-hydrogen) atoms. The molecule has 1 atom stereocenters. The van der Waals surface area contributed by atoms with Crippen molar-refractivity contribution < 1.29 is 0 Å². The first-order valence-electron chi connectivity index (χ1n) is 7.31. The summed E-state index contributed by atoms with van der Waals surface area (Å²) in [5.41, 5.74) is 8.33. The van der Waals surface area contributed by atoms with E-state index in [9.17, 15) is 0 Å². The van der Waals surface area contributed by atoms with Gasteiger partial charge < -0.3 is 11.1 Å². The second-order valence-electron chi connectivity index (χ2n) is 5.12. The van der Waals surface area contributed by atoms with E-state index in [1.54, 1.807) is 6.20 Å². The Morgan fingerprint density at radius 1 is 1.29 bits per heavy atom. The summed E-state index contributed by atoms with van der Waals surface area (Å²) in [5.74, 6) is 1.63. The maximum Gasteiger partial charge on any atom is 0.123 e. The molecular formula is C17H23N3S. The summed E-state index contributed by atoms with van der Waals surface area (Å²) in [4.78, 5) is 5.41. The summed E-state index contributed by atoms with van der Waals surface area (Å²) in [6.45, 7) is 5.28. The van der Waals surface area contributed by atoms with Crippen LogP contribution >= 0.6 is 11.8 Å². The fourth-order valence-electron chi connectivity index (χ4n) is 2.29. The Labute approximate surface area is 131 Å². The zero-order valence-electron chi connectivity index (χ0n) is 12.7. The number of nitrogens with one attached hydrogen (secondary N) is 1. The van der Waals surface area contributed by atoms with Gasteiger partial charge in [0.15, 0.2) is 0 Å². The van der Waals surface area contributed by atoms with Crippen molar-refractivity contribution in [2.75, 3.05) is 18.0 Å². The van der Waals surface area contributed by atoms with Crippen molar-refractivity contribution in [1.82, 2.24) is 10.3 Å². The van der Waals surface area contributed by atoms with Gasteiger partial charge >= 0.3 is 0 Å². The van der Waals surface area contributed by atoms with Crippen LogP contribution in [0.3, 0.4) is 0 Å². The molecule has 1 aromatic carbocycles. The van der Waals surface area contributed by atoms with Crippen LogP contribution in [0.4, 0.5) is 5.82 Å². The van der Waals surface area contributed by atoms with E-state index in [0.717, 1.165) is 18.7 Å². The van der Waals surface area contributed by atoms with Crippen LogP contribution in [0.15, 0.2) is 47.5 Å². The van der Waals surface area contributed by atoms with E-state index in [2.05, 4.69) is 48.4 Å². The fraction of sp³-hybridized carbons (Fsp3) is 0.353. The van der Waals surface area contributed by atoms with Gasteiger partial charge in [0.25, 0.3) is 0 Å². The first kappa shape index (κ1) is 15.9. The molecule has 1 unspecified atom stereocenters. The number of pyridine rings is 1. The number of hydrogen-bond donors (Lipinski definition) is 2. The predicted molar refractivity (Wildman–Crippen MR) is 91.7 cm³/mol. The van der Waals surface area contributed by atoms with E-state index in [-0.39, 0.29) is 0 Å². The van der Waals surface area contributed by atoms with Crippen LogP contribution in [-0.2, 0) is 6.42 Å². The van der Waals surface area contributed by atoms with Gasteiger partial charge in [0.05, 0.1) is 0 Å². The van der Waals surface area contributed by atoms with Crippen molar-refractivity contribution in [3.63, 3.8) is 0 Å². The average molecular weight is 301 g/mol. The van der Waals surface area contributed by atoms with Gasteiger partial charge in [-0.15, -0.1) is 11.8 Å². The monoisotopic (exact) mass is 301 g/mol. The third kappa shape index (κ3) is 5.06. The molecule has 2 aromatic rings. The van der Waals surface area contributed by atoms with Crippen molar-refractivity contribution in [2.45, 2.75) is 31.2 Å². The molecule has 0 saturated heterocycles. The zero-order valence-corrected chi connectivity index (χ0v) is 13.5. The number of benzene rings is 1. The summed E-state index contributed by atoms with van der Waals surface area (Å²) in [6.07, 6.45) is 2.75. The van der Waals surface area contributed by atoms with E-state index < -0.39 is 0 Å². The highest BCUT2D eigenvalue weighted by atomic mass is 32.2. The minimum absolute atomic E-state index is 0.432. The van der Waals surface area contributed by atoms with E-state index in [4.69, 9.17) is 5.73 Å². The first-order valence-corrected chi connectivity index (χ1v) is 8.29. The first-order chi connectivity index (χ1) is 10.2. The number of nitrogens with two attached hydrogens (primary N) is 1. The second kappa shape index (κ2) is 8.05. The van der Waals surface area contributed by atoms with Crippen molar-refractivity contribution >= 4 is 17.6 Å². The van der Waals surface area contributed by atoms with Crippen LogP contribution < -0.4 is 11.1 Å². The van der Waals surface area contributed by atoms with Gasteiger partial charge in [0.1, 0.15) is 5.82 Å². The van der Waals surface area contributed by atoms with Gasteiger partial charge in [0, 0.05) is 22.9 Å². The normalized spacial score (nSPS) is 12.3. The number of likely N-dealkylation sites (N-methyl/N-ethyl adjacent to an activating group) is 1. The Morgan fingerprint density at radius 2 is 2.10 bits per heavy atom. The molecule has 0 fully saturated rings. The molecule has 0 aliphatic rings. The molecule has 112 valence electrons. The fourth-order valence-corrected chi connectivity index (χ4v) is 3.38. The molecule has 0 spiro atoms. The van der Waals surface area contributed by atoms with Crippen LogP contribution in [0.25, 0.3) is 0 Å². The Kier molecular flexibility index (Phi) is 6.08.